The first-order valence-electron chi connectivity index (χ1n) is 8.57. The number of rotatable bonds is 1. The van der Waals surface area contributed by atoms with Gasteiger partial charge in [-0.1, -0.05) is 32.1 Å². The van der Waals surface area contributed by atoms with Gasteiger partial charge in [0.25, 0.3) is 0 Å². The molecule has 1 nitrogen and oxygen atoms in total. The van der Waals surface area contributed by atoms with E-state index in [-0.39, 0.29) is 0 Å². The first-order chi connectivity index (χ1) is 8.86. The van der Waals surface area contributed by atoms with Crippen LogP contribution in [0, 0.1) is 29.6 Å². The molecule has 0 aromatic heterocycles. The molecule has 4 saturated carbocycles. The van der Waals surface area contributed by atoms with Crippen LogP contribution in [0.1, 0.15) is 70.6 Å². The third kappa shape index (κ3) is 2.76. The van der Waals surface area contributed by atoms with Crippen LogP contribution in [0.5, 0.6) is 0 Å². The average Bonchev–Trinajstić information content (AvgIpc) is 2.47. The van der Waals surface area contributed by atoms with Gasteiger partial charge >= 0.3 is 0 Å². The van der Waals surface area contributed by atoms with Crippen molar-refractivity contribution < 1.29 is 0 Å². The largest absolute Gasteiger partial charge is 0.330 e. The predicted molar refractivity (Wildman–Crippen MR) is 77.3 cm³/mol. The average molecular weight is 249 g/mol. The predicted octanol–water partition coefficient (Wildman–Crippen LogP) is 4.36. The van der Waals surface area contributed by atoms with E-state index in [4.69, 9.17) is 5.73 Å². The molecule has 104 valence electrons. The van der Waals surface area contributed by atoms with Crippen molar-refractivity contribution in [1.82, 2.24) is 0 Å². The van der Waals surface area contributed by atoms with Crippen molar-refractivity contribution in [3.05, 3.63) is 0 Å². The number of hydrogen-bond donors (Lipinski definition) is 1. The van der Waals surface area contributed by atoms with Crippen LogP contribution in [0.4, 0.5) is 0 Å². The summed E-state index contributed by atoms with van der Waals surface area (Å²) >= 11 is 0. The van der Waals surface area contributed by atoms with Crippen LogP contribution in [-0.4, -0.2) is 6.54 Å². The van der Waals surface area contributed by atoms with E-state index in [9.17, 15) is 0 Å². The van der Waals surface area contributed by atoms with Gasteiger partial charge in [0.2, 0.25) is 0 Å². The summed E-state index contributed by atoms with van der Waals surface area (Å²) in [6.45, 7) is 0.948. The van der Waals surface area contributed by atoms with Crippen molar-refractivity contribution in [3.63, 3.8) is 0 Å². The maximum Gasteiger partial charge on any atom is -0.00462 e. The first-order valence-corrected chi connectivity index (χ1v) is 8.57. The fraction of sp³-hybridized carbons (Fsp3) is 1.00. The molecule has 0 spiro atoms. The number of nitrogens with two attached hydrogens (primary N) is 1. The van der Waals surface area contributed by atoms with E-state index in [0.717, 1.165) is 36.1 Å². The maximum absolute atomic E-state index is 6.04. The molecule has 4 fully saturated rings. The molecule has 0 aliphatic heterocycles. The molecule has 0 radical (unpaired) electrons. The smallest absolute Gasteiger partial charge is 0.00462 e. The van der Waals surface area contributed by atoms with Crippen molar-refractivity contribution in [1.29, 1.82) is 0 Å². The number of fused-ring (bicyclic) bond motifs is 5. The molecule has 0 aromatic rings. The van der Waals surface area contributed by atoms with E-state index < -0.39 is 0 Å². The van der Waals surface area contributed by atoms with E-state index in [1.807, 2.05) is 0 Å². The van der Waals surface area contributed by atoms with Gasteiger partial charge < -0.3 is 5.73 Å². The zero-order valence-electron chi connectivity index (χ0n) is 11.9. The molecule has 1 heteroatoms. The van der Waals surface area contributed by atoms with Crippen LogP contribution in [0.25, 0.3) is 0 Å². The lowest BCUT2D eigenvalue weighted by Crippen LogP contribution is -2.30. The third-order valence-corrected chi connectivity index (χ3v) is 6.46. The van der Waals surface area contributed by atoms with Gasteiger partial charge in [0.05, 0.1) is 0 Å². The molecule has 0 saturated heterocycles. The number of hydrogen-bond acceptors (Lipinski definition) is 1. The highest BCUT2D eigenvalue weighted by atomic mass is 14.6. The molecule has 3 atom stereocenters. The minimum atomic E-state index is 0.851. The van der Waals surface area contributed by atoms with Gasteiger partial charge in [0.15, 0.2) is 0 Å². The van der Waals surface area contributed by atoms with E-state index in [2.05, 4.69) is 0 Å². The van der Waals surface area contributed by atoms with Gasteiger partial charge in [-0.3, -0.25) is 0 Å². The van der Waals surface area contributed by atoms with Gasteiger partial charge in [0.1, 0.15) is 0 Å². The third-order valence-electron chi connectivity index (χ3n) is 6.46. The van der Waals surface area contributed by atoms with Gasteiger partial charge in [-0.25, -0.2) is 0 Å². The molecular formula is C17H31N. The maximum atomic E-state index is 6.04. The minimum absolute atomic E-state index is 0.851. The Kier molecular flexibility index (Phi) is 4.28. The van der Waals surface area contributed by atoms with E-state index in [1.165, 1.54) is 57.8 Å². The van der Waals surface area contributed by atoms with Crippen molar-refractivity contribution in [3.8, 4) is 0 Å². The van der Waals surface area contributed by atoms with Gasteiger partial charge in [0, 0.05) is 0 Å². The Morgan fingerprint density at radius 3 is 2.06 bits per heavy atom. The lowest BCUT2D eigenvalue weighted by molar-refractivity contribution is 0.128. The Balaban J connectivity index is 1.71. The second kappa shape index (κ2) is 5.94. The molecule has 4 rings (SSSR count). The molecule has 4 aliphatic rings. The highest BCUT2D eigenvalue weighted by Crippen LogP contribution is 2.45. The van der Waals surface area contributed by atoms with E-state index in [0.29, 0.717) is 0 Å². The standard InChI is InChI=1S/C17H31N/c18-12-17-6-2-4-13-3-1-5-16(11-13)14-7-9-15(17)10-8-14/h13-17H,1-12,18H2. The van der Waals surface area contributed by atoms with E-state index in [1.54, 1.807) is 12.8 Å². The first kappa shape index (κ1) is 13.0. The quantitative estimate of drug-likeness (QED) is 0.734. The van der Waals surface area contributed by atoms with Gasteiger partial charge in [-0.2, -0.15) is 0 Å². The fourth-order valence-electron chi connectivity index (χ4n) is 5.33. The van der Waals surface area contributed by atoms with E-state index >= 15 is 0 Å². The van der Waals surface area contributed by atoms with Crippen LogP contribution in [0.2, 0.25) is 0 Å². The molecule has 4 bridgehead atoms. The van der Waals surface area contributed by atoms with Crippen LogP contribution in [0.15, 0.2) is 0 Å². The molecule has 2 N–H and O–H groups in total. The topological polar surface area (TPSA) is 26.0 Å². The second-order valence-electron chi connectivity index (χ2n) is 7.39. The SMILES string of the molecule is NCC1CCCC2CCCC(C2)C2CCC1CC2. The van der Waals surface area contributed by atoms with Crippen molar-refractivity contribution >= 4 is 0 Å². The Morgan fingerprint density at radius 2 is 1.33 bits per heavy atom. The Morgan fingerprint density at radius 1 is 0.667 bits per heavy atom. The summed E-state index contributed by atoms with van der Waals surface area (Å²) in [4.78, 5) is 0. The summed E-state index contributed by atoms with van der Waals surface area (Å²) in [6.07, 6.45) is 16.6. The van der Waals surface area contributed by atoms with Crippen LogP contribution in [0.3, 0.4) is 0 Å². The fourth-order valence-corrected chi connectivity index (χ4v) is 5.33. The highest BCUT2D eigenvalue weighted by molar-refractivity contribution is 4.86. The zero-order valence-corrected chi connectivity index (χ0v) is 11.9. The van der Waals surface area contributed by atoms with Gasteiger partial charge in [-0.15, -0.1) is 0 Å². The summed E-state index contributed by atoms with van der Waals surface area (Å²) in [7, 11) is 0. The monoisotopic (exact) mass is 249 g/mol. The second-order valence-corrected chi connectivity index (χ2v) is 7.39. The molecule has 4 aliphatic carbocycles. The highest BCUT2D eigenvalue weighted by Gasteiger charge is 2.34. The normalized spacial score (nSPS) is 45.5. The van der Waals surface area contributed by atoms with Crippen molar-refractivity contribution in [2.45, 2.75) is 70.6 Å². The summed E-state index contributed by atoms with van der Waals surface area (Å²) in [5.74, 6) is 5.08. The Bertz CT molecular complexity index is 252. The van der Waals surface area contributed by atoms with Crippen LogP contribution in [-0.2, 0) is 0 Å². The lowest BCUT2D eigenvalue weighted by atomic mass is 9.67. The summed E-state index contributed by atoms with van der Waals surface area (Å²) in [5.41, 5.74) is 6.04. The lowest BCUT2D eigenvalue weighted by Gasteiger charge is -2.38. The van der Waals surface area contributed by atoms with Crippen molar-refractivity contribution in [2.75, 3.05) is 6.54 Å². The molecule has 18 heavy (non-hydrogen) atoms. The molecule has 0 aromatic carbocycles. The molecule has 0 amide bonds. The zero-order chi connectivity index (χ0) is 12.4. The Labute approximate surface area is 113 Å². The summed E-state index contributed by atoms with van der Waals surface area (Å²) in [6, 6.07) is 0. The van der Waals surface area contributed by atoms with Gasteiger partial charge in [-0.05, 0) is 74.7 Å². The molecule has 0 heterocycles. The molecular weight excluding hydrogens is 218 g/mol. The summed E-state index contributed by atoms with van der Waals surface area (Å²) in [5, 5.41) is 0. The summed E-state index contributed by atoms with van der Waals surface area (Å²) < 4.78 is 0. The Hall–Kier alpha value is -0.0400. The van der Waals surface area contributed by atoms with Crippen molar-refractivity contribution in [2.24, 2.45) is 35.3 Å². The minimum Gasteiger partial charge on any atom is -0.330 e. The molecule has 3 unspecified atom stereocenters. The van der Waals surface area contributed by atoms with Crippen LogP contribution < -0.4 is 5.73 Å². The van der Waals surface area contributed by atoms with Crippen LogP contribution >= 0.6 is 0 Å².